The number of halogens is 2. The zero-order chi connectivity index (χ0) is 9.14. The Morgan fingerprint density at radius 2 is 2.08 bits per heavy atom. The van der Waals surface area contributed by atoms with Gasteiger partial charge in [-0.2, -0.15) is 8.78 Å². The topological polar surface area (TPSA) is 26.0 Å². The van der Waals surface area contributed by atoms with Gasteiger partial charge in [-0.3, -0.25) is 0 Å². The fourth-order valence-corrected chi connectivity index (χ4v) is 1.48. The van der Waals surface area contributed by atoms with Crippen LogP contribution in [0.4, 0.5) is 14.5 Å². The molecule has 0 saturated heterocycles. The molecule has 1 aromatic rings. The summed E-state index contributed by atoms with van der Waals surface area (Å²) in [5.74, 6) is -2.37. The smallest absolute Gasteiger partial charge is 0.288 e. The molecule has 0 aliphatic heterocycles. The van der Waals surface area contributed by atoms with E-state index in [1.807, 2.05) is 0 Å². The van der Waals surface area contributed by atoms with E-state index in [1.165, 1.54) is 0 Å². The number of anilines is 1. The molecule has 0 aromatic heterocycles. The van der Waals surface area contributed by atoms with Crippen LogP contribution in [0.5, 0.6) is 0 Å². The summed E-state index contributed by atoms with van der Waals surface area (Å²) in [5.41, 5.74) is 6.86. The van der Waals surface area contributed by atoms with Crippen LogP contribution >= 0.6 is 11.8 Å². The van der Waals surface area contributed by atoms with E-state index >= 15 is 0 Å². The van der Waals surface area contributed by atoms with Crippen LogP contribution in [-0.2, 0) is 0 Å². The molecular weight excluding hydrogens is 180 g/mol. The second-order valence-corrected chi connectivity index (χ2v) is 3.44. The van der Waals surface area contributed by atoms with E-state index in [4.69, 9.17) is 5.73 Å². The van der Waals surface area contributed by atoms with Gasteiger partial charge in [0.15, 0.2) is 0 Å². The van der Waals surface area contributed by atoms with Crippen LogP contribution in [0.1, 0.15) is 5.56 Å². The number of thioether (sulfide) groups is 1. The fraction of sp³-hybridized carbons (Fsp3) is 0.250. The molecule has 12 heavy (non-hydrogen) atoms. The zero-order valence-electron chi connectivity index (χ0n) is 6.55. The van der Waals surface area contributed by atoms with Gasteiger partial charge >= 0.3 is 0 Å². The summed E-state index contributed by atoms with van der Waals surface area (Å²) >= 11 is 0.545. The lowest BCUT2D eigenvalue weighted by molar-refractivity contribution is 0.252. The molecule has 0 saturated carbocycles. The van der Waals surface area contributed by atoms with Crippen molar-refractivity contribution in [3.05, 3.63) is 23.8 Å². The summed E-state index contributed by atoms with van der Waals surface area (Å²) in [6.07, 6.45) is 0. The van der Waals surface area contributed by atoms with Crippen molar-refractivity contribution in [1.82, 2.24) is 0 Å². The molecule has 1 nitrogen and oxygen atoms in total. The van der Waals surface area contributed by atoms with Crippen molar-refractivity contribution in [2.75, 3.05) is 5.73 Å². The van der Waals surface area contributed by atoms with E-state index in [0.717, 1.165) is 5.56 Å². The Bertz CT molecular complexity index is 276. The third kappa shape index (κ3) is 2.37. The number of hydrogen-bond donors (Lipinski definition) is 1. The molecule has 0 amide bonds. The highest BCUT2D eigenvalue weighted by atomic mass is 32.2. The highest BCUT2D eigenvalue weighted by Gasteiger charge is 2.07. The predicted molar refractivity (Wildman–Crippen MR) is 47.5 cm³/mol. The maximum atomic E-state index is 11.9. The van der Waals surface area contributed by atoms with Gasteiger partial charge in [-0.25, -0.2) is 0 Å². The molecule has 0 spiro atoms. The molecule has 0 unspecified atom stereocenters. The SMILES string of the molecule is Cc1cc(N)ccc1SC(F)F. The second-order valence-electron chi connectivity index (χ2n) is 2.40. The largest absolute Gasteiger partial charge is 0.399 e. The summed E-state index contributed by atoms with van der Waals surface area (Å²) in [4.78, 5) is 0.583. The van der Waals surface area contributed by atoms with E-state index in [9.17, 15) is 8.78 Å². The van der Waals surface area contributed by atoms with Gasteiger partial charge in [0.1, 0.15) is 0 Å². The molecule has 66 valence electrons. The normalized spacial score (nSPS) is 10.7. The molecular formula is C8H9F2NS. The molecule has 0 bridgehead atoms. The lowest BCUT2D eigenvalue weighted by atomic mass is 10.2. The predicted octanol–water partition coefficient (Wildman–Crippen LogP) is 2.89. The van der Waals surface area contributed by atoms with Crippen LogP contribution in [0.25, 0.3) is 0 Å². The van der Waals surface area contributed by atoms with Crippen molar-refractivity contribution in [2.24, 2.45) is 0 Å². The molecule has 2 N–H and O–H groups in total. The summed E-state index contributed by atoms with van der Waals surface area (Å²) in [6.45, 7) is 1.76. The average molecular weight is 189 g/mol. The second kappa shape index (κ2) is 3.76. The maximum Gasteiger partial charge on any atom is 0.288 e. The zero-order valence-corrected chi connectivity index (χ0v) is 7.37. The monoisotopic (exact) mass is 189 g/mol. The first kappa shape index (κ1) is 9.32. The van der Waals surface area contributed by atoms with E-state index < -0.39 is 5.76 Å². The minimum Gasteiger partial charge on any atom is -0.399 e. The van der Waals surface area contributed by atoms with Crippen LogP contribution in [0.2, 0.25) is 0 Å². The van der Waals surface area contributed by atoms with Crippen LogP contribution in [0.15, 0.2) is 23.1 Å². The van der Waals surface area contributed by atoms with Crippen LogP contribution < -0.4 is 5.73 Å². The minimum absolute atomic E-state index is 0.545. The summed E-state index contributed by atoms with van der Waals surface area (Å²) < 4.78 is 23.9. The molecule has 1 aromatic carbocycles. The number of nitrogens with two attached hydrogens (primary N) is 1. The van der Waals surface area contributed by atoms with E-state index in [1.54, 1.807) is 25.1 Å². The van der Waals surface area contributed by atoms with Crippen molar-refractivity contribution in [3.8, 4) is 0 Å². The Balaban J connectivity index is 2.86. The standard InChI is InChI=1S/C8H9F2NS/c1-5-4-6(11)2-3-7(5)12-8(9)10/h2-4,8H,11H2,1H3. The molecule has 0 atom stereocenters. The van der Waals surface area contributed by atoms with Crippen molar-refractivity contribution in [2.45, 2.75) is 17.6 Å². The summed E-state index contributed by atoms with van der Waals surface area (Å²) in [6, 6.07) is 4.92. The van der Waals surface area contributed by atoms with E-state index in [-0.39, 0.29) is 0 Å². The summed E-state index contributed by atoms with van der Waals surface area (Å²) in [7, 11) is 0. The molecule has 0 radical (unpaired) electrons. The number of nitrogen functional groups attached to an aromatic ring is 1. The Hall–Kier alpha value is -0.770. The minimum atomic E-state index is -2.37. The Morgan fingerprint density at radius 1 is 1.42 bits per heavy atom. The maximum absolute atomic E-state index is 11.9. The Labute approximate surface area is 74.0 Å². The molecule has 0 aliphatic carbocycles. The molecule has 0 aliphatic rings. The first-order valence-electron chi connectivity index (χ1n) is 3.40. The van der Waals surface area contributed by atoms with Crippen LogP contribution in [0.3, 0.4) is 0 Å². The Morgan fingerprint density at radius 3 is 2.58 bits per heavy atom. The van der Waals surface area contributed by atoms with Crippen molar-refractivity contribution in [3.63, 3.8) is 0 Å². The average Bonchev–Trinajstić information content (AvgIpc) is 1.94. The van der Waals surface area contributed by atoms with Gasteiger partial charge in [0, 0.05) is 10.6 Å². The Kier molecular flexibility index (Phi) is 2.92. The quantitative estimate of drug-likeness (QED) is 0.571. The van der Waals surface area contributed by atoms with E-state index in [0.29, 0.717) is 22.3 Å². The van der Waals surface area contributed by atoms with Gasteiger partial charge < -0.3 is 5.73 Å². The van der Waals surface area contributed by atoms with Gasteiger partial charge in [-0.15, -0.1) is 0 Å². The first-order chi connectivity index (χ1) is 5.59. The van der Waals surface area contributed by atoms with Crippen molar-refractivity contribution < 1.29 is 8.78 Å². The van der Waals surface area contributed by atoms with E-state index in [2.05, 4.69) is 0 Å². The van der Waals surface area contributed by atoms with Crippen LogP contribution in [0, 0.1) is 6.92 Å². The van der Waals surface area contributed by atoms with Gasteiger partial charge in [0.25, 0.3) is 5.76 Å². The number of rotatable bonds is 2. The molecule has 1 rings (SSSR count). The highest BCUT2D eigenvalue weighted by Crippen LogP contribution is 2.28. The molecule has 0 heterocycles. The number of benzene rings is 1. The number of alkyl halides is 2. The van der Waals surface area contributed by atoms with Crippen molar-refractivity contribution >= 4 is 17.4 Å². The lowest BCUT2D eigenvalue weighted by Crippen LogP contribution is -1.89. The number of hydrogen-bond acceptors (Lipinski definition) is 2. The first-order valence-corrected chi connectivity index (χ1v) is 4.28. The van der Waals surface area contributed by atoms with Gasteiger partial charge in [-0.05, 0) is 30.7 Å². The number of aryl methyl sites for hydroxylation is 1. The van der Waals surface area contributed by atoms with Crippen molar-refractivity contribution in [1.29, 1.82) is 0 Å². The third-order valence-electron chi connectivity index (χ3n) is 1.42. The highest BCUT2D eigenvalue weighted by molar-refractivity contribution is 7.99. The fourth-order valence-electron chi connectivity index (χ4n) is 0.901. The third-order valence-corrected chi connectivity index (χ3v) is 2.31. The van der Waals surface area contributed by atoms with Gasteiger partial charge in [0.05, 0.1) is 0 Å². The molecule has 0 fully saturated rings. The lowest BCUT2D eigenvalue weighted by Gasteiger charge is -2.04. The van der Waals surface area contributed by atoms with Gasteiger partial charge in [0.2, 0.25) is 0 Å². The molecule has 4 heteroatoms. The van der Waals surface area contributed by atoms with Crippen LogP contribution in [-0.4, -0.2) is 5.76 Å². The van der Waals surface area contributed by atoms with Gasteiger partial charge in [-0.1, -0.05) is 11.8 Å². The summed E-state index contributed by atoms with van der Waals surface area (Å²) in [5, 5.41) is 0.